The van der Waals surface area contributed by atoms with E-state index in [0.29, 0.717) is 13.0 Å². The zero-order valence-electron chi connectivity index (χ0n) is 19.6. The smallest absolute Gasteiger partial charge is 0.225 e. The van der Waals surface area contributed by atoms with Crippen LogP contribution in [0.1, 0.15) is 30.7 Å². The number of hydrogen-bond donors (Lipinski definition) is 3. The van der Waals surface area contributed by atoms with E-state index in [4.69, 9.17) is 0 Å². The molecule has 1 saturated heterocycles. The van der Waals surface area contributed by atoms with Crippen molar-refractivity contribution in [3.8, 4) is 0 Å². The molecule has 0 aromatic heterocycles. The van der Waals surface area contributed by atoms with Crippen LogP contribution in [-0.2, 0) is 4.79 Å². The maximum Gasteiger partial charge on any atom is 0.225 e. The molecule has 2 aromatic carbocycles. The maximum absolute atomic E-state index is 12.0. The number of para-hydroxylation sites is 2. The number of nitrogens with zero attached hydrogens (tertiary/aromatic N) is 3. The molecule has 7 nitrogen and oxygen atoms in total. The maximum atomic E-state index is 12.0. The number of benzene rings is 2. The molecule has 1 unspecified atom stereocenters. The fourth-order valence-electron chi connectivity index (χ4n) is 4.66. The lowest BCUT2D eigenvalue weighted by atomic mass is 9.90. The number of nitrogens with one attached hydrogen (secondary N) is 3. The summed E-state index contributed by atoms with van der Waals surface area (Å²) in [5.74, 6) is 1.03. The van der Waals surface area contributed by atoms with Crippen molar-refractivity contribution >= 4 is 23.2 Å². The molecular formula is C26H36N6O. The van der Waals surface area contributed by atoms with Gasteiger partial charge in [0.25, 0.3) is 0 Å². The lowest BCUT2D eigenvalue weighted by Crippen LogP contribution is -2.46. The predicted molar refractivity (Wildman–Crippen MR) is 136 cm³/mol. The summed E-state index contributed by atoms with van der Waals surface area (Å²) in [6.07, 6.45) is 2.78. The highest BCUT2D eigenvalue weighted by Crippen LogP contribution is 2.31. The average molecular weight is 449 g/mol. The summed E-state index contributed by atoms with van der Waals surface area (Å²) in [5.41, 5.74) is 3.44. The molecule has 1 amide bonds. The van der Waals surface area contributed by atoms with Crippen LogP contribution in [0.2, 0.25) is 0 Å². The summed E-state index contributed by atoms with van der Waals surface area (Å²) >= 11 is 0. The molecular weight excluding hydrogens is 412 g/mol. The molecule has 0 saturated carbocycles. The Kier molecular flexibility index (Phi) is 8.19. The number of carbonyl (C=O) groups excluding carboxylic acids is 1. The summed E-state index contributed by atoms with van der Waals surface area (Å²) < 4.78 is 0. The number of fused-ring (bicyclic) bond motifs is 1. The summed E-state index contributed by atoms with van der Waals surface area (Å²) in [5, 5.41) is 9.78. The summed E-state index contributed by atoms with van der Waals surface area (Å²) in [6, 6.07) is 18.7. The number of aliphatic imine (C=N–C) groups is 1. The molecule has 2 aliphatic rings. The van der Waals surface area contributed by atoms with Crippen LogP contribution in [0, 0.1) is 0 Å². The van der Waals surface area contributed by atoms with Crippen molar-refractivity contribution in [3.63, 3.8) is 0 Å². The third-order valence-electron chi connectivity index (χ3n) is 6.53. The second kappa shape index (κ2) is 11.7. The van der Waals surface area contributed by atoms with Gasteiger partial charge < -0.3 is 20.9 Å². The number of anilines is 2. The molecule has 0 radical (unpaired) electrons. The molecule has 0 aliphatic carbocycles. The van der Waals surface area contributed by atoms with Crippen molar-refractivity contribution < 1.29 is 4.79 Å². The van der Waals surface area contributed by atoms with E-state index in [1.165, 1.54) is 17.7 Å². The van der Waals surface area contributed by atoms with Gasteiger partial charge >= 0.3 is 0 Å². The van der Waals surface area contributed by atoms with Crippen molar-refractivity contribution in [2.45, 2.75) is 25.2 Å². The summed E-state index contributed by atoms with van der Waals surface area (Å²) in [6.45, 7) is 7.18. The van der Waals surface area contributed by atoms with E-state index in [1.54, 1.807) is 7.05 Å². The summed E-state index contributed by atoms with van der Waals surface area (Å²) in [4.78, 5) is 21.4. The Labute approximate surface area is 197 Å². The monoisotopic (exact) mass is 448 g/mol. The van der Waals surface area contributed by atoms with Gasteiger partial charge in [-0.15, -0.1) is 0 Å². The molecule has 2 aromatic rings. The zero-order chi connectivity index (χ0) is 22.9. The van der Waals surface area contributed by atoms with Gasteiger partial charge in [-0.1, -0.05) is 36.4 Å². The number of amides is 1. The molecule has 176 valence electrons. The molecule has 2 heterocycles. The van der Waals surface area contributed by atoms with Crippen molar-refractivity contribution in [2.24, 2.45) is 4.99 Å². The van der Waals surface area contributed by atoms with Crippen molar-refractivity contribution in [1.29, 1.82) is 0 Å². The fourth-order valence-corrected chi connectivity index (χ4v) is 4.66. The largest absolute Gasteiger partial charge is 0.369 e. The second-order valence-corrected chi connectivity index (χ2v) is 8.79. The number of guanidine groups is 1. The standard InChI is InChI=1S/C26H36N6O/c1-27-26(29-20-21-19-25(33)30-24-12-6-5-11-23(21)24)28-13-7-8-14-31-15-17-32(18-16-31)22-9-3-2-4-10-22/h2-6,9-12,21H,7-8,13-20H2,1H3,(H,30,33)(H2,27,28,29). The Bertz CT molecular complexity index is 923. The molecule has 4 rings (SSSR count). The van der Waals surface area contributed by atoms with Gasteiger partial charge in [0.05, 0.1) is 0 Å². The number of hydrogen-bond acceptors (Lipinski definition) is 4. The van der Waals surface area contributed by atoms with E-state index in [9.17, 15) is 4.79 Å². The van der Waals surface area contributed by atoms with E-state index in [2.05, 4.69) is 67.1 Å². The molecule has 3 N–H and O–H groups in total. The van der Waals surface area contributed by atoms with Gasteiger partial charge in [-0.25, -0.2) is 0 Å². The highest BCUT2D eigenvalue weighted by molar-refractivity contribution is 5.94. The van der Waals surface area contributed by atoms with Gasteiger partial charge in [0, 0.05) is 70.0 Å². The quantitative estimate of drug-likeness (QED) is 0.329. The number of rotatable bonds is 8. The number of carbonyl (C=O) groups is 1. The molecule has 7 heteroatoms. The highest BCUT2D eigenvalue weighted by Gasteiger charge is 2.24. The SMILES string of the molecule is CN=C(NCCCCN1CCN(c2ccccc2)CC1)NCC1CC(=O)Nc2ccccc21. The van der Waals surface area contributed by atoms with Gasteiger partial charge in [-0.3, -0.25) is 14.7 Å². The number of piperazine rings is 1. The van der Waals surface area contributed by atoms with E-state index >= 15 is 0 Å². The first-order chi connectivity index (χ1) is 16.2. The highest BCUT2D eigenvalue weighted by atomic mass is 16.1. The van der Waals surface area contributed by atoms with E-state index in [1.807, 2.05) is 18.2 Å². The van der Waals surface area contributed by atoms with Crippen LogP contribution in [0.15, 0.2) is 59.6 Å². The van der Waals surface area contributed by atoms with Crippen molar-refractivity contribution in [2.75, 3.05) is 63.1 Å². The lowest BCUT2D eigenvalue weighted by molar-refractivity contribution is -0.116. The first-order valence-electron chi connectivity index (χ1n) is 12.1. The molecule has 2 aliphatic heterocycles. The topological polar surface area (TPSA) is 72.0 Å². The van der Waals surface area contributed by atoms with E-state index in [-0.39, 0.29) is 11.8 Å². The second-order valence-electron chi connectivity index (χ2n) is 8.79. The average Bonchev–Trinajstić information content (AvgIpc) is 2.86. The minimum Gasteiger partial charge on any atom is -0.369 e. The normalized spacial score (nSPS) is 19.1. The van der Waals surface area contributed by atoms with Crippen LogP contribution < -0.4 is 20.9 Å². The zero-order valence-corrected chi connectivity index (χ0v) is 19.6. The first kappa shape index (κ1) is 23.1. The van der Waals surface area contributed by atoms with Crippen LogP contribution in [-0.4, -0.2) is 69.6 Å². The van der Waals surface area contributed by atoms with Gasteiger partial charge in [0.1, 0.15) is 0 Å². The molecule has 1 atom stereocenters. The predicted octanol–water partition coefficient (Wildman–Crippen LogP) is 2.88. The Hall–Kier alpha value is -3.06. The van der Waals surface area contributed by atoms with Crippen LogP contribution in [0.4, 0.5) is 11.4 Å². The molecule has 0 spiro atoms. The van der Waals surface area contributed by atoms with Crippen LogP contribution in [0.3, 0.4) is 0 Å². The van der Waals surface area contributed by atoms with Crippen LogP contribution in [0.5, 0.6) is 0 Å². The minimum absolute atomic E-state index is 0.0769. The lowest BCUT2D eigenvalue weighted by Gasteiger charge is -2.36. The van der Waals surface area contributed by atoms with Gasteiger partial charge in [0.2, 0.25) is 5.91 Å². The fraction of sp³-hybridized carbons (Fsp3) is 0.462. The molecule has 33 heavy (non-hydrogen) atoms. The van der Waals surface area contributed by atoms with Crippen molar-refractivity contribution in [3.05, 3.63) is 60.2 Å². The van der Waals surface area contributed by atoms with Gasteiger partial charge in [0.15, 0.2) is 5.96 Å². The molecule has 0 bridgehead atoms. The Morgan fingerprint density at radius 2 is 1.76 bits per heavy atom. The first-order valence-corrected chi connectivity index (χ1v) is 12.1. The van der Waals surface area contributed by atoms with E-state index < -0.39 is 0 Å². The third-order valence-corrected chi connectivity index (χ3v) is 6.53. The van der Waals surface area contributed by atoms with E-state index in [0.717, 1.165) is 57.3 Å². The van der Waals surface area contributed by atoms with Gasteiger partial charge in [-0.05, 0) is 43.1 Å². The van der Waals surface area contributed by atoms with Crippen LogP contribution >= 0.6 is 0 Å². The summed E-state index contributed by atoms with van der Waals surface area (Å²) in [7, 11) is 1.79. The van der Waals surface area contributed by atoms with Crippen molar-refractivity contribution in [1.82, 2.24) is 15.5 Å². The third kappa shape index (κ3) is 6.48. The Morgan fingerprint density at radius 1 is 1.00 bits per heavy atom. The van der Waals surface area contributed by atoms with Crippen LogP contribution in [0.25, 0.3) is 0 Å². The minimum atomic E-state index is 0.0769. The Morgan fingerprint density at radius 3 is 2.55 bits per heavy atom. The Balaban J connectivity index is 1.12. The van der Waals surface area contributed by atoms with Gasteiger partial charge in [-0.2, -0.15) is 0 Å². The number of unbranched alkanes of at least 4 members (excludes halogenated alkanes) is 1. The molecule has 1 fully saturated rings.